The van der Waals surface area contributed by atoms with E-state index in [9.17, 15) is 4.79 Å². The fourth-order valence-corrected chi connectivity index (χ4v) is 1.91. The van der Waals surface area contributed by atoms with Crippen molar-refractivity contribution in [3.8, 4) is 0 Å². The Labute approximate surface area is 111 Å². The molecule has 4 heteroatoms. The normalized spacial score (nSPS) is 10.2. The van der Waals surface area contributed by atoms with E-state index in [0.29, 0.717) is 16.4 Å². The predicted octanol–water partition coefficient (Wildman–Crippen LogP) is 3.60. The third-order valence-corrected chi connectivity index (χ3v) is 2.84. The number of hydrogen-bond donors (Lipinski definition) is 1. The average molecular weight is 261 g/mol. The number of carbonyl (C=O) groups is 1. The fraction of sp³-hybridized carbons (Fsp3) is 0.143. The minimum Gasteiger partial charge on any atom is -0.307 e. The smallest absolute Gasteiger partial charge is 0.258 e. The Kier molecular flexibility index (Phi) is 3.63. The molecule has 0 aliphatic carbocycles. The summed E-state index contributed by atoms with van der Waals surface area (Å²) < 4.78 is 0. The number of aromatic nitrogens is 1. The summed E-state index contributed by atoms with van der Waals surface area (Å²) in [5.41, 5.74) is 2.51. The second kappa shape index (κ2) is 5.19. The van der Waals surface area contributed by atoms with Crippen LogP contribution in [-0.2, 0) is 0 Å². The average Bonchev–Trinajstić information content (AvgIpc) is 2.28. The molecule has 1 aromatic carbocycles. The van der Waals surface area contributed by atoms with Gasteiger partial charge in [0, 0.05) is 6.20 Å². The minimum atomic E-state index is -0.252. The summed E-state index contributed by atoms with van der Waals surface area (Å²) in [7, 11) is 0. The van der Waals surface area contributed by atoms with E-state index in [-0.39, 0.29) is 5.91 Å². The molecule has 1 N–H and O–H groups in total. The van der Waals surface area contributed by atoms with Crippen LogP contribution in [0.5, 0.6) is 0 Å². The summed E-state index contributed by atoms with van der Waals surface area (Å²) in [5, 5.41) is 3.17. The molecule has 2 aromatic rings. The highest BCUT2D eigenvalue weighted by atomic mass is 35.5. The van der Waals surface area contributed by atoms with Crippen molar-refractivity contribution in [1.82, 2.24) is 4.98 Å². The van der Waals surface area contributed by atoms with Crippen molar-refractivity contribution in [3.63, 3.8) is 0 Å². The minimum absolute atomic E-state index is 0.252. The van der Waals surface area contributed by atoms with Gasteiger partial charge in [-0.15, -0.1) is 0 Å². The Balaban J connectivity index is 2.22. The molecule has 0 aliphatic heterocycles. The number of nitrogens with one attached hydrogen (secondary N) is 1. The molecule has 0 unspecified atom stereocenters. The summed E-state index contributed by atoms with van der Waals surface area (Å²) >= 11 is 6.04. The van der Waals surface area contributed by atoms with Crippen LogP contribution in [0.3, 0.4) is 0 Å². The van der Waals surface area contributed by atoms with E-state index in [0.717, 1.165) is 11.1 Å². The molecule has 0 fully saturated rings. The van der Waals surface area contributed by atoms with Gasteiger partial charge in [0.25, 0.3) is 5.91 Å². The van der Waals surface area contributed by atoms with E-state index in [1.807, 2.05) is 26.0 Å². The Morgan fingerprint density at radius 3 is 2.56 bits per heavy atom. The molecule has 92 valence electrons. The molecule has 1 heterocycles. The molecule has 3 nitrogen and oxygen atoms in total. The summed E-state index contributed by atoms with van der Waals surface area (Å²) in [5.74, 6) is 0.273. The summed E-state index contributed by atoms with van der Waals surface area (Å²) in [6, 6.07) is 9.00. The Morgan fingerprint density at radius 2 is 1.89 bits per heavy atom. The van der Waals surface area contributed by atoms with Crippen LogP contribution in [0.1, 0.15) is 21.5 Å². The van der Waals surface area contributed by atoms with Crippen LogP contribution >= 0.6 is 11.6 Å². The Morgan fingerprint density at radius 1 is 1.17 bits per heavy atom. The van der Waals surface area contributed by atoms with Crippen LogP contribution < -0.4 is 5.32 Å². The van der Waals surface area contributed by atoms with Gasteiger partial charge in [-0.1, -0.05) is 17.7 Å². The molecule has 0 bridgehead atoms. The first-order valence-corrected chi connectivity index (χ1v) is 5.94. The van der Waals surface area contributed by atoms with E-state index < -0.39 is 0 Å². The topological polar surface area (TPSA) is 42.0 Å². The summed E-state index contributed by atoms with van der Waals surface area (Å²) in [6.45, 7) is 3.87. The zero-order valence-corrected chi connectivity index (χ0v) is 11.0. The van der Waals surface area contributed by atoms with E-state index in [4.69, 9.17) is 11.6 Å². The molecule has 0 atom stereocenters. The van der Waals surface area contributed by atoms with Crippen LogP contribution in [-0.4, -0.2) is 10.9 Å². The number of hydrogen-bond acceptors (Lipinski definition) is 2. The van der Waals surface area contributed by atoms with Crippen molar-refractivity contribution in [3.05, 3.63) is 58.2 Å². The third kappa shape index (κ3) is 2.87. The molecular formula is C14H13ClN2O. The van der Waals surface area contributed by atoms with Gasteiger partial charge in [0.05, 0.1) is 10.6 Å². The maximum atomic E-state index is 12.0. The van der Waals surface area contributed by atoms with E-state index in [1.54, 1.807) is 24.4 Å². The number of benzene rings is 1. The monoisotopic (exact) mass is 260 g/mol. The largest absolute Gasteiger partial charge is 0.307 e. The zero-order valence-electron chi connectivity index (χ0n) is 10.2. The van der Waals surface area contributed by atoms with Gasteiger partial charge < -0.3 is 5.32 Å². The van der Waals surface area contributed by atoms with Crippen molar-refractivity contribution in [1.29, 1.82) is 0 Å². The molecular weight excluding hydrogens is 248 g/mol. The van der Waals surface area contributed by atoms with E-state index >= 15 is 0 Å². The lowest BCUT2D eigenvalue weighted by atomic mass is 10.1. The number of anilines is 1. The standard InChI is InChI=1S/C14H13ClN2O/c1-9-3-4-11(12(15)7-9)14(18)17-13-8-10(2)5-6-16-13/h3-8H,1-2H3,(H,16,17,18). The lowest BCUT2D eigenvalue weighted by Gasteiger charge is -2.07. The number of pyridine rings is 1. The summed E-state index contributed by atoms with van der Waals surface area (Å²) in [6.07, 6.45) is 1.65. The number of nitrogens with zero attached hydrogens (tertiary/aromatic N) is 1. The maximum absolute atomic E-state index is 12.0. The molecule has 0 spiro atoms. The number of aryl methyl sites for hydroxylation is 2. The van der Waals surface area contributed by atoms with Gasteiger partial charge >= 0.3 is 0 Å². The van der Waals surface area contributed by atoms with Crippen LogP contribution in [0.4, 0.5) is 5.82 Å². The van der Waals surface area contributed by atoms with E-state index in [1.165, 1.54) is 0 Å². The first-order valence-electron chi connectivity index (χ1n) is 5.56. The van der Waals surface area contributed by atoms with Gasteiger partial charge in [-0.25, -0.2) is 4.98 Å². The third-order valence-electron chi connectivity index (χ3n) is 2.53. The quantitative estimate of drug-likeness (QED) is 0.896. The highest BCUT2D eigenvalue weighted by Gasteiger charge is 2.10. The maximum Gasteiger partial charge on any atom is 0.258 e. The van der Waals surface area contributed by atoms with Crippen molar-refractivity contribution < 1.29 is 4.79 Å². The van der Waals surface area contributed by atoms with Gasteiger partial charge in [0.15, 0.2) is 0 Å². The first kappa shape index (κ1) is 12.6. The van der Waals surface area contributed by atoms with Gasteiger partial charge in [-0.2, -0.15) is 0 Å². The second-order valence-corrected chi connectivity index (χ2v) is 4.56. The Hall–Kier alpha value is -1.87. The van der Waals surface area contributed by atoms with Gasteiger partial charge in [0.1, 0.15) is 5.82 Å². The molecule has 18 heavy (non-hydrogen) atoms. The number of carbonyl (C=O) groups excluding carboxylic acids is 1. The van der Waals surface area contributed by atoms with Crippen LogP contribution in [0.15, 0.2) is 36.5 Å². The fourth-order valence-electron chi connectivity index (χ4n) is 1.59. The highest BCUT2D eigenvalue weighted by molar-refractivity contribution is 6.34. The SMILES string of the molecule is Cc1ccnc(NC(=O)c2ccc(C)cc2Cl)c1. The molecule has 0 radical (unpaired) electrons. The first-order chi connectivity index (χ1) is 8.56. The number of amides is 1. The number of halogens is 1. The highest BCUT2D eigenvalue weighted by Crippen LogP contribution is 2.18. The number of rotatable bonds is 2. The lowest BCUT2D eigenvalue weighted by Crippen LogP contribution is -2.13. The summed E-state index contributed by atoms with van der Waals surface area (Å²) in [4.78, 5) is 16.1. The van der Waals surface area contributed by atoms with Crippen molar-refractivity contribution >= 4 is 23.3 Å². The van der Waals surface area contributed by atoms with Gasteiger partial charge in [-0.3, -0.25) is 4.79 Å². The van der Waals surface area contributed by atoms with Crippen LogP contribution in [0, 0.1) is 13.8 Å². The molecule has 2 rings (SSSR count). The van der Waals surface area contributed by atoms with Crippen molar-refractivity contribution in [2.75, 3.05) is 5.32 Å². The Bertz CT molecular complexity index is 596. The lowest BCUT2D eigenvalue weighted by molar-refractivity contribution is 0.102. The van der Waals surface area contributed by atoms with Gasteiger partial charge in [0.2, 0.25) is 0 Å². The van der Waals surface area contributed by atoms with Crippen LogP contribution in [0.2, 0.25) is 5.02 Å². The van der Waals surface area contributed by atoms with Crippen LogP contribution in [0.25, 0.3) is 0 Å². The zero-order chi connectivity index (χ0) is 13.1. The molecule has 0 saturated heterocycles. The molecule has 1 aromatic heterocycles. The molecule has 0 aliphatic rings. The van der Waals surface area contributed by atoms with Gasteiger partial charge in [-0.05, 0) is 49.2 Å². The van der Waals surface area contributed by atoms with Crippen molar-refractivity contribution in [2.45, 2.75) is 13.8 Å². The van der Waals surface area contributed by atoms with E-state index in [2.05, 4.69) is 10.3 Å². The van der Waals surface area contributed by atoms with Crippen molar-refractivity contribution in [2.24, 2.45) is 0 Å². The molecule has 0 saturated carbocycles. The predicted molar refractivity (Wildman–Crippen MR) is 73.1 cm³/mol. The molecule has 1 amide bonds. The second-order valence-electron chi connectivity index (χ2n) is 4.16.